The number of hydrogen-bond acceptors (Lipinski definition) is 3. The van der Waals surface area contributed by atoms with Gasteiger partial charge in [0.05, 0.1) is 11.8 Å². The number of nitrogens with one attached hydrogen (secondary N) is 1. The van der Waals surface area contributed by atoms with Crippen molar-refractivity contribution < 1.29 is 4.74 Å². The van der Waals surface area contributed by atoms with Crippen LogP contribution >= 0.6 is 0 Å². The van der Waals surface area contributed by atoms with Gasteiger partial charge >= 0.3 is 0 Å². The first-order chi connectivity index (χ1) is 8.36. The first-order valence-corrected chi connectivity index (χ1v) is 6.62. The van der Waals surface area contributed by atoms with Gasteiger partial charge in [-0.3, -0.25) is 4.98 Å². The third-order valence-corrected chi connectivity index (χ3v) is 3.31. The van der Waals surface area contributed by atoms with Crippen LogP contribution in [0.15, 0.2) is 24.4 Å². The van der Waals surface area contributed by atoms with Gasteiger partial charge in [0.25, 0.3) is 0 Å². The molecule has 2 atom stereocenters. The number of nitrogens with zero attached hydrogens (tertiary/aromatic N) is 1. The quantitative estimate of drug-likeness (QED) is 0.768. The zero-order valence-corrected chi connectivity index (χ0v) is 10.6. The van der Waals surface area contributed by atoms with Crippen LogP contribution in [0.3, 0.4) is 0 Å². The smallest absolute Gasteiger partial charge is 0.0576 e. The molecule has 0 radical (unpaired) electrons. The summed E-state index contributed by atoms with van der Waals surface area (Å²) in [7, 11) is 0. The lowest BCUT2D eigenvalue weighted by molar-refractivity contribution is 0.102. The van der Waals surface area contributed by atoms with E-state index in [1.165, 1.54) is 25.7 Å². The van der Waals surface area contributed by atoms with Gasteiger partial charge in [0.2, 0.25) is 0 Å². The fourth-order valence-electron chi connectivity index (χ4n) is 2.26. The molecule has 1 aromatic heterocycles. The third kappa shape index (κ3) is 4.10. The summed E-state index contributed by atoms with van der Waals surface area (Å²) in [5.41, 5.74) is 1.12. The van der Waals surface area contributed by atoms with Crippen molar-refractivity contribution in [3.63, 3.8) is 0 Å². The summed E-state index contributed by atoms with van der Waals surface area (Å²) in [5, 5.41) is 3.50. The Balaban J connectivity index is 1.61. The third-order valence-electron chi connectivity index (χ3n) is 3.31. The molecular weight excluding hydrogens is 212 g/mol. The van der Waals surface area contributed by atoms with Crippen molar-refractivity contribution in [2.24, 2.45) is 0 Å². The molecule has 2 unspecified atom stereocenters. The molecule has 1 fully saturated rings. The topological polar surface area (TPSA) is 34.1 Å². The molecule has 0 spiro atoms. The number of rotatable bonds is 6. The predicted octanol–water partition coefficient (Wildman–Crippen LogP) is 2.69. The van der Waals surface area contributed by atoms with Crippen LogP contribution in [0.25, 0.3) is 0 Å². The lowest BCUT2D eigenvalue weighted by Crippen LogP contribution is -2.21. The molecule has 3 heteroatoms. The van der Waals surface area contributed by atoms with Gasteiger partial charge in [-0.15, -0.1) is 0 Å². The van der Waals surface area contributed by atoms with Crippen molar-refractivity contribution in [1.29, 1.82) is 0 Å². The molecule has 94 valence electrons. The zero-order valence-electron chi connectivity index (χ0n) is 10.6. The Morgan fingerprint density at radius 2 is 2.47 bits per heavy atom. The summed E-state index contributed by atoms with van der Waals surface area (Å²) in [4.78, 5) is 4.35. The van der Waals surface area contributed by atoms with Crippen molar-refractivity contribution in [2.45, 2.75) is 44.8 Å². The minimum atomic E-state index is 0.334. The molecule has 0 saturated carbocycles. The molecule has 0 aromatic carbocycles. The van der Waals surface area contributed by atoms with E-state index >= 15 is 0 Å². The van der Waals surface area contributed by atoms with Gasteiger partial charge in [0, 0.05) is 18.8 Å². The predicted molar refractivity (Wildman–Crippen MR) is 68.9 cm³/mol. The van der Waals surface area contributed by atoms with Gasteiger partial charge in [-0.25, -0.2) is 0 Å². The maximum Gasteiger partial charge on any atom is 0.0576 e. The average Bonchev–Trinajstić information content (AvgIpc) is 2.88. The molecule has 1 aromatic rings. The maximum atomic E-state index is 5.60. The molecule has 17 heavy (non-hydrogen) atoms. The fourth-order valence-corrected chi connectivity index (χ4v) is 2.26. The monoisotopic (exact) mass is 234 g/mol. The van der Waals surface area contributed by atoms with Crippen LogP contribution in [0.5, 0.6) is 0 Å². The summed E-state index contributed by atoms with van der Waals surface area (Å²) < 4.78 is 5.60. The summed E-state index contributed by atoms with van der Waals surface area (Å²) in [5.74, 6) is 0. The maximum absolute atomic E-state index is 5.60. The first-order valence-electron chi connectivity index (χ1n) is 6.62. The molecule has 1 N–H and O–H groups in total. The fraction of sp³-hybridized carbons (Fsp3) is 0.643. The van der Waals surface area contributed by atoms with E-state index in [9.17, 15) is 0 Å². The Morgan fingerprint density at radius 3 is 3.18 bits per heavy atom. The Bertz CT molecular complexity index is 309. The van der Waals surface area contributed by atoms with E-state index in [-0.39, 0.29) is 0 Å². The van der Waals surface area contributed by atoms with E-state index < -0.39 is 0 Å². The summed E-state index contributed by atoms with van der Waals surface area (Å²) in [6.45, 7) is 4.16. The molecule has 1 aliphatic rings. The normalized spacial score (nSPS) is 21.6. The van der Waals surface area contributed by atoms with Gasteiger partial charge < -0.3 is 10.1 Å². The highest BCUT2D eigenvalue weighted by molar-refractivity contribution is 5.07. The lowest BCUT2D eigenvalue weighted by Gasteiger charge is -2.14. The highest BCUT2D eigenvalue weighted by Gasteiger charge is 2.14. The van der Waals surface area contributed by atoms with Crippen LogP contribution in [0.1, 0.15) is 44.3 Å². The standard InChI is InChI=1S/C14H22N2O/c1-12(14-8-2-3-9-16-14)15-10-4-6-13-7-5-11-17-13/h2-3,8-9,12-13,15H,4-7,10-11H2,1H3. The van der Waals surface area contributed by atoms with Gasteiger partial charge in [0.1, 0.15) is 0 Å². The number of pyridine rings is 1. The second kappa shape index (κ2) is 6.72. The van der Waals surface area contributed by atoms with Crippen molar-refractivity contribution in [2.75, 3.05) is 13.2 Å². The Kier molecular flexibility index (Phi) is 4.95. The SMILES string of the molecule is CC(NCCCC1CCCO1)c1ccccn1. The second-order valence-corrected chi connectivity index (χ2v) is 4.71. The van der Waals surface area contributed by atoms with Crippen molar-refractivity contribution >= 4 is 0 Å². The molecule has 2 rings (SSSR count). The van der Waals surface area contributed by atoms with Crippen molar-refractivity contribution in [3.8, 4) is 0 Å². The van der Waals surface area contributed by atoms with Crippen LogP contribution in [0, 0.1) is 0 Å². The number of hydrogen-bond donors (Lipinski definition) is 1. The molecule has 1 saturated heterocycles. The van der Waals surface area contributed by atoms with Gasteiger partial charge in [-0.2, -0.15) is 0 Å². The second-order valence-electron chi connectivity index (χ2n) is 4.71. The molecule has 0 amide bonds. The van der Waals surface area contributed by atoms with Crippen molar-refractivity contribution in [3.05, 3.63) is 30.1 Å². The Labute approximate surface area is 104 Å². The highest BCUT2D eigenvalue weighted by atomic mass is 16.5. The first kappa shape index (κ1) is 12.5. The van der Waals surface area contributed by atoms with E-state index in [4.69, 9.17) is 4.74 Å². The highest BCUT2D eigenvalue weighted by Crippen LogP contribution is 2.16. The van der Waals surface area contributed by atoms with Gasteiger partial charge in [0.15, 0.2) is 0 Å². The van der Waals surface area contributed by atoms with Crippen molar-refractivity contribution in [1.82, 2.24) is 10.3 Å². The van der Waals surface area contributed by atoms with Gasteiger partial charge in [-0.1, -0.05) is 6.07 Å². The summed E-state index contributed by atoms with van der Waals surface area (Å²) in [6, 6.07) is 6.39. The molecular formula is C14H22N2O. The van der Waals surface area contributed by atoms with E-state index in [2.05, 4.69) is 23.3 Å². The van der Waals surface area contributed by atoms with Crippen LogP contribution in [-0.4, -0.2) is 24.2 Å². The molecule has 3 nitrogen and oxygen atoms in total. The summed E-state index contributed by atoms with van der Waals surface area (Å²) in [6.07, 6.45) is 7.21. The van der Waals surface area contributed by atoms with E-state index in [1.807, 2.05) is 18.3 Å². The molecule has 0 aliphatic carbocycles. The largest absolute Gasteiger partial charge is 0.378 e. The van der Waals surface area contributed by atoms with Crippen LogP contribution in [-0.2, 0) is 4.74 Å². The number of aromatic nitrogens is 1. The van der Waals surface area contributed by atoms with Crippen LogP contribution < -0.4 is 5.32 Å². The summed E-state index contributed by atoms with van der Waals surface area (Å²) >= 11 is 0. The minimum absolute atomic E-state index is 0.334. The van der Waals surface area contributed by atoms with E-state index in [1.54, 1.807) is 0 Å². The van der Waals surface area contributed by atoms with E-state index in [0.717, 1.165) is 18.8 Å². The average molecular weight is 234 g/mol. The lowest BCUT2D eigenvalue weighted by atomic mass is 10.1. The number of ether oxygens (including phenoxy) is 1. The Morgan fingerprint density at radius 1 is 1.53 bits per heavy atom. The minimum Gasteiger partial charge on any atom is -0.378 e. The molecule has 1 aliphatic heterocycles. The van der Waals surface area contributed by atoms with Crippen LogP contribution in [0.4, 0.5) is 0 Å². The van der Waals surface area contributed by atoms with Crippen LogP contribution in [0.2, 0.25) is 0 Å². The zero-order chi connectivity index (χ0) is 11.9. The van der Waals surface area contributed by atoms with E-state index in [0.29, 0.717) is 12.1 Å². The molecule has 0 bridgehead atoms. The molecule has 2 heterocycles. The Hall–Kier alpha value is -0.930. The van der Waals surface area contributed by atoms with Gasteiger partial charge in [-0.05, 0) is 51.3 Å².